The van der Waals surface area contributed by atoms with Gasteiger partial charge in [0.25, 0.3) is 0 Å². The summed E-state index contributed by atoms with van der Waals surface area (Å²) in [6, 6.07) is 4.90. The molecule has 0 fully saturated rings. The molecule has 1 atom stereocenters. The zero-order valence-corrected chi connectivity index (χ0v) is 13.5. The molecule has 0 saturated carbocycles. The molecule has 0 radical (unpaired) electrons. The summed E-state index contributed by atoms with van der Waals surface area (Å²) < 4.78 is 27.2. The van der Waals surface area contributed by atoms with Crippen LogP contribution in [-0.4, -0.2) is 26.9 Å². The molecule has 1 aromatic rings. The van der Waals surface area contributed by atoms with Crippen molar-refractivity contribution in [1.29, 1.82) is 0 Å². The molecular formula is C15H22N2O3S. The number of fused-ring (bicyclic) bond motifs is 1. The van der Waals surface area contributed by atoms with Gasteiger partial charge in [-0.25, -0.2) is 13.1 Å². The van der Waals surface area contributed by atoms with E-state index in [1.165, 1.54) is 0 Å². The number of amides is 1. The van der Waals surface area contributed by atoms with Gasteiger partial charge in [-0.2, -0.15) is 0 Å². The highest BCUT2D eigenvalue weighted by molar-refractivity contribution is 7.89. The molecule has 6 heteroatoms. The number of benzene rings is 1. The minimum Gasteiger partial charge on any atom is -0.312 e. The maximum atomic E-state index is 12.3. The van der Waals surface area contributed by atoms with Crippen LogP contribution in [-0.2, 0) is 21.2 Å². The lowest BCUT2D eigenvalue weighted by molar-refractivity contribution is -0.118. The van der Waals surface area contributed by atoms with Crippen molar-refractivity contribution in [3.63, 3.8) is 0 Å². The van der Waals surface area contributed by atoms with E-state index in [0.717, 1.165) is 17.7 Å². The quantitative estimate of drug-likeness (QED) is 0.905. The SMILES string of the molecule is CCC(=O)N1CCc2cc(S(=O)(=O)N[C@@H](C)CC)ccc21. The maximum Gasteiger partial charge on any atom is 0.240 e. The topological polar surface area (TPSA) is 66.5 Å². The molecule has 1 N–H and O–H groups in total. The van der Waals surface area contributed by atoms with Crippen molar-refractivity contribution in [2.45, 2.75) is 51.0 Å². The first-order valence-corrected chi connectivity index (χ1v) is 8.83. The number of hydrogen-bond acceptors (Lipinski definition) is 3. The lowest BCUT2D eigenvalue weighted by Gasteiger charge is -2.17. The first kappa shape index (κ1) is 16.0. The van der Waals surface area contributed by atoms with E-state index in [1.54, 1.807) is 23.1 Å². The van der Waals surface area contributed by atoms with E-state index in [1.807, 2.05) is 20.8 Å². The van der Waals surface area contributed by atoms with Crippen LogP contribution in [0.2, 0.25) is 0 Å². The molecular weight excluding hydrogens is 288 g/mol. The number of sulfonamides is 1. The molecule has 0 bridgehead atoms. The molecule has 1 aliphatic heterocycles. The summed E-state index contributed by atoms with van der Waals surface area (Å²) in [6.45, 7) is 6.23. The van der Waals surface area contributed by atoms with Gasteiger partial charge in [-0.3, -0.25) is 4.79 Å². The number of carbonyl (C=O) groups excluding carboxylic acids is 1. The average Bonchev–Trinajstić information content (AvgIpc) is 2.88. The van der Waals surface area contributed by atoms with Crippen molar-refractivity contribution < 1.29 is 13.2 Å². The van der Waals surface area contributed by atoms with Crippen LogP contribution < -0.4 is 9.62 Å². The molecule has 0 aromatic heterocycles. The van der Waals surface area contributed by atoms with Crippen LogP contribution in [0.4, 0.5) is 5.69 Å². The Kier molecular flexibility index (Phi) is 4.68. The molecule has 1 heterocycles. The average molecular weight is 310 g/mol. The van der Waals surface area contributed by atoms with Gasteiger partial charge >= 0.3 is 0 Å². The van der Waals surface area contributed by atoms with Gasteiger partial charge in [0.1, 0.15) is 0 Å². The third kappa shape index (κ3) is 3.27. The third-order valence-corrected chi connectivity index (χ3v) is 5.42. The fraction of sp³-hybridized carbons (Fsp3) is 0.533. The van der Waals surface area contributed by atoms with Gasteiger partial charge in [-0.05, 0) is 43.5 Å². The lowest BCUT2D eigenvalue weighted by Crippen LogP contribution is -2.32. The summed E-state index contributed by atoms with van der Waals surface area (Å²) in [5, 5.41) is 0. The maximum absolute atomic E-state index is 12.3. The van der Waals surface area contributed by atoms with Gasteiger partial charge in [0.15, 0.2) is 0 Å². The smallest absolute Gasteiger partial charge is 0.240 e. The first-order chi connectivity index (χ1) is 9.89. The molecule has 1 aromatic carbocycles. The summed E-state index contributed by atoms with van der Waals surface area (Å²) in [7, 11) is -3.49. The highest BCUT2D eigenvalue weighted by atomic mass is 32.2. The number of nitrogens with zero attached hydrogens (tertiary/aromatic N) is 1. The molecule has 21 heavy (non-hydrogen) atoms. The van der Waals surface area contributed by atoms with E-state index >= 15 is 0 Å². The van der Waals surface area contributed by atoms with Gasteiger partial charge in [-0.15, -0.1) is 0 Å². The molecule has 1 amide bonds. The molecule has 5 nitrogen and oxygen atoms in total. The molecule has 0 unspecified atom stereocenters. The Morgan fingerprint density at radius 3 is 2.71 bits per heavy atom. The lowest BCUT2D eigenvalue weighted by atomic mass is 10.2. The predicted octanol–water partition coefficient (Wildman–Crippen LogP) is 2.06. The van der Waals surface area contributed by atoms with Crippen LogP contribution >= 0.6 is 0 Å². The first-order valence-electron chi connectivity index (χ1n) is 7.34. The Labute approximate surface area is 126 Å². The van der Waals surface area contributed by atoms with Gasteiger partial charge in [-0.1, -0.05) is 13.8 Å². The number of nitrogens with one attached hydrogen (secondary N) is 1. The fourth-order valence-electron chi connectivity index (χ4n) is 2.41. The zero-order chi connectivity index (χ0) is 15.6. The van der Waals surface area contributed by atoms with Crippen molar-refractivity contribution in [3.8, 4) is 0 Å². The van der Waals surface area contributed by atoms with Crippen molar-refractivity contribution in [2.75, 3.05) is 11.4 Å². The summed E-state index contributed by atoms with van der Waals surface area (Å²) >= 11 is 0. The second kappa shape index (κ2) is 6.15. The van der Waals surface area contributed by atoms with Crippen LogP contribution in [0.15, 0.2) is 23.1 Å². The summed E-state index contributed by atoms with van der Waals surface area (Å²) in [6.07, 6.45) is 1.89. The molecule has 0 saturated heterocycles. The number of hydrogen-bond donors (Lipinski definition) is 1. The Morgan fingerprint density at radius 2 is 2.10 bits per heavy atom. The Bertz CT molecular complexity index is 640. The molecule has 1 aliphatic rings. The van der Waals surface area contributed by atoms with E-state index in [-0.39, 0.29) is 16.8 Å². The molecule has 0 aliphatic carbocycles. The molecule has 2 rings (SSSR count). The van der Waals surface area contributed by atoms with Crippen LogP contribution in [0.5, 0.6) is 0 Å². The van der Waals surface area contributed by atoms with Crippen molar-refractivity contribution >= 4 is 21.6 Å². The predicted molar refractivity (Wildman–Crippen MR) is 82.9 cm³/mol. The fourth-order valence-corrected chi connectivity index (χ4v) is 3.79. The Morgan fingerprint density at radius 1 is 1.38 bits per heavy atom. The highest BCUT2D eigenvalue weighted by Crippen LogP contribution is 2.30. The standard InChI is InChI=1S/C15H22N2O3S/c1-4-11(3)16-21(19,20)13-6-7-14-12(10-13)8-9-17(14)15(18)5-2/h6-7,10-11,16H,4-5,8-9H2,1-3H3/t11-/m0/s1. The van der Waals surface area contributed by atoms with Gasteiger partial charge < -0.3 is 4.90 Å². The molecule has 116 valence electrons. The van der Waals surface area contributed by atoms with E-state index in [9.17, 15) is 13.2 Å². The van der Waals surface area contributed by atoms with Crippen LogP contribution in [0.3, 0.4) is 0 Å². The number of anilines is 1. The van der Waals surface area contributed by atoms with E-state index in [2.05, 4.69) is 4.72 Å². The van der Waals surface area contributed by atoms with Gasteiger partial charge in [0.2, 0.25) is 15.9 Å². The largest absolute Gasteiger partial charge is 0.312 e. The molecule has 0 spiro atoms. The van der Waals surface area contributed by atoms with E-state index < -0.39 is 10.0 Å². The summed E-state index contributed by atoms with van der Waals surface area (Å²) in [5.74, 6) is 0.0714. The van der Waals surface area contributed by atoms with Crippen LogP contribution in [0, 0.1) is 0 Å². The Balaban J connectivity index is 2.29. The van der Waals surface area contributed by atoms with E-state index in [4.69, 9.17) is 0 Å². The minimum atomic E-state index is -3.49. The normalized spacial score (nSPS) is 15.9. The summed E-state index contributed by atoms with van der Waals surface area (Å²) in [5.41, 5.74) is 1.76. The third-order valence-electron chi connectivity index (χ3n) is 3.83. The zero-order valence-electron chi connectivity index (χ0n) is 12.7. The van der Waals surface area contributed by atoms with Crippen molar-refractivity contribution in [3.05, 3.63) is 23.8 Å². The van der Waals surface area contributed by atoms with E-state index in [0.29, 0.717) is 19.4 Å². The second-order valence-electron chi connectivity index (χ2n) is 5.37. The van der Waals surface area contributed by atoms with Crippen LogP contribution in [0.25, 0.3) is 0 Å². The number of rotatable bonds is 5. The van der Waals surface area contributed by atoms with Crippen LogP contribution in [0.1, 0.15) is 39.2 Å². The Hall–Kier alpha value is -1.40. The number of carbonyl (C=O) groups is 1. The van der Waals surface area contributed by atoms with Gasteiger partial charge in [0, 0.05) is 24.7 Å². The summed E-state index contributed by atoms with van der Waals surface area (Å²) in [4.78, 5) is 13.8. The van der Waals surface area contributed by atoms with Gasteiger partial charge in [0.05, 0.1) is 4.90 Å². The minimum absolute atomic E-state index is 0.0714. The second-order valence-corrected chi connectivity index (χ2v) is 7.08. The monoisotopic (exact) mass is 310 g/mol. The highest BCUT2D eigenvalue weighted by Gasteiger charge is 2.26. The van der Waals surface area contributed by atoms with Crippen molar-refractivity contribution in [1.82, 2.24) is 4.72 Å². The van der Waals surface area contributed by atoms with Crippen molar-refractivity contribution in [2.24, 2.45) is 0 Å².